The van der Waals surface area contributed by atoms with Crippen LogP contribution in [0.15, 0.2) is 0 Å². The van der Waals surface area contributed by atoms with Crippen molar-refractivity contribution in [1.29, 1.82) is 0 Å². The molecule has 2 heteroatoms. The highest BCUT2D eigenvalue weighted by Gasteiger charge is 2.26. The first-order valence-corrected chi connectivity index (χ1v) is 11.3. The maximum atomic E-state index is 2.77. The number of hydrogen-bond donors (Lipinski definition) is 0. The Labute approximate surface area is 158 Å². The molecular weight excluding hydrogens is 304 g/mol. The largest absolute Gasteiger partial charge is 0.301 e. The van der Waals surface area contributed by atoms with E-state index in [1.807, 2.05) is 0 Å². The molecule has 0 N–H and O–H groups in total. The van der Waals surface area contributed by atoms with Gasteiger partial charge >= 0.3 is 0 Å². The lowest BCUT2D eigenvalue weighted by molar-refractivity contribution is 0.108. The van der Waals surface area contributed by atoms with E-state index in [-0.39, 0.29) is 0 Å². The van der Waals surface area contributed by atoms with Gasteiger partial charge in [-0.25, -0.2) is 0 Å². The molecule has 3 unspecified atom stereocenters. The van der Waals surface area contributed by atoms with Gasteiger partial charge in [0, 0.05) is 18.6 Å². The highest BCUT2D eigenvalue weighted by molar-refractivity contribution is 4.80. The Kier molecular flexibility index (Phi) is 8.75. The van der Waals surface area contributed by atoms with Crippen LogP contribution >= 0.6 is 0 Å². The normalized spacial score (nSPS) is 27.1. The fraction of sp³-hybridized carbons (Fsp3) is 1.00. The molecule has 0 radical (unpaired) electrons. The molecule has 0 spiro atoms. The first-order valence-electron chi connectivity index (χ1n) is 11.3. The van der Waals surface area contributed by atoms with Gasteiger partial charge < -0.3 is 9.80 Å². The summed E-state index contributed by atoms with van der Waals surface area (Å²) in [5.74, 6) is 3.69. The molecule has 2 rings (SSSR count). The third-order valence-corrected chi connectivity index (χ3v) is 7.23. The molecule has 0 aromatic rings. The second-order valence-electron chi connectivity index (χ2n) is 9.98. The third kappa shape index (κ3) is 6.86. The quantitative estimate of drug-likeness (QED) is 0.556. The van der Waals surface area contributed by atoms with Crippen molar-refractivity contribution in [2.24, 2.45) is 23.7 Å². The summed E-state index contributed by atoms with van der Waals surface area (Å²) in [5, 5.41) is 0. The van der Waals surface area contributed by atoms with Gasteiger partial charge in [0.2, 0.25) is 0 Å². The van der Waals surface area contributed by atoms with Crippen molar-refractivity contribution in [3.63, 3.8) is 0 Å². The van der Waals surface area contributed by atoms with E-state index in [2.05, 4.69) is 51.3 Å². The van der Waals surface area contributed by atoms with Gasteiger partial charge in [-0.3, -0.25) is 0 Å². The van der Waals surface area contributed by atoms with Gasteiger partial charge in [-0.2, -0.15) is 0 Å². The van der Waals surface area contributed by atoms with Crippen LogP contribution in [0.5, 0.6) is 0 Å². The summed E-state index contributed by atoms with van der Waals surface area (Å²) in [7, 11) is 0. The lowest BCUT2D eigenvalue weighted by atomic mass is 9.85. The van der Waals surface area contributed by atoms with Crippen LogP contribution < -0.4 is 0 Å². The average Bonchev–Trinajstić information content (AvgIpc) is 2.60. The van der Waals surface area contributed by atoms with Gasteiger partial charge in [-0.1, -0.05) is 20.8 Å². The minimum absolute atomic E-state index is 0.729. The fourth-order valence-electron chi connectivity index (χ4n) is 5.18. The van der Waals surface area contributed by atoms with Crippen molar-refractivity contribution in [3.05, 3.63) is 0 Å². The van der Waals surface area contributed by atoms with Crippen LogP contribution in [-0.2, 0) is 0 Å². The van der Waals surface area contributed by atoms with E-state index in [0.717, 1.165) is 35.8 Å². The minimum Gasteiger partial charge on any atom is -0.301 e. The molecule has 148 valence electrons. The SMILES string of the molecule is CC(CCC(C)N1CCC(C(C)C)CC1)CC1CCCN(C(C)C)C1. The summed E-state index contributed by atoms with van der Waals surface area (Å²) < 4.78 is 0. The molecular formula is C23H46N2. The van der Waals surface area contributed by atoms with E-state index in [4.69, 9.17) is 0 Å². The Morgan fingerprint density at radius 2 is 1.48 bits per heavy atom. The van der Waals surface area contributed by atoms with Crippen molar-refractivity contribution < 1.29 is 0 Å². The first-order chi connectivity index (χ1) is 11.9. The molecule has 0 bridgehead atoms. The molecule has 0 aromatic heterocycles. The lowest BCUT2D eigenvalue weighted by Crippen LogP contribution is -2.41. The predicted molar refractivity (Wildman–Crippen MR) is 111 cm³/mol. The summed E-state index contributed by atoms with van der Waals surface area (Å²) in [6.45, 7) is 19.8. The van der Waals surface area contributed by atoms with Crippen molar-refractivity contribution in [2.45, 2.75) is 98.6 Å². The van der Waals surface area contributed by atoms with E-state index >= 15 is 0 Å². The Balaban J connectivity index is 1.65. The van der Waals surface area contributed by atoms with Crippen LogP contribution in [0.1, 0.15) is 86.5 Å². The van der Waals surface area contributed by atoms with Crippen LogP contribution in [0.3, 0.4) is 0 Å². The van der Waals surface area contributed by atoms with Crippen molar-refractivity contribution in [3.8, 4) is 0 Å². The van der Waals surface area contributed by atoms with E-state index in [0.29, 0.717) is 0 Å². The molecule has 0 saturated carbocycles. The van der Waals surface area contributed by atoms with Gasteiger partial charge in [-0.15, -0.1) is 0 Å². The first kappa shape index (κ1) is 21.2. The highest BCUT2D eigenvalue weighted by atomic mass is 15.2. The van der Waals surface area contributed by atoms with E-state index < -0.39 is 0 Å². The molecule has 2 fully saturated rings. The van der Waals surface area contributed by atoms with Crippen molar-refractivity contribution in [2.75, 3.05) is 26.2 Å². The Hall–Kier alpha value is -0.0800. The lowest BCUT2D eigenvalue weighted by Gasteiger charge is -2.38. The smallest absolute Gasteiger partial charge is 0.00670 e. The Bertz CT molecular complexity index is 357. The topological polar surface area (TPSA) is 6.48 Å². The van der Waals surface area contributed by atoms with Gasteiger partial charge in [0.1, 0.15) is 0 Å². The molecule has 3 atom stereocenters. The third-order valence-electron chi connectivity index (χ3n) is 7.23. The van der Waals surface area contributed by atoms with Gasteiger partial charge in [-0.05, 0) is 109 Å². The number of rotatable bonds is 8. The number of nitrogens with zero attached hydrogens (tertiary/aromatic N) is 2. The Morgan fingerprint density at radius 3 is 2.08 bits per heavy atom. The number of likely N-dealkylation sites (tertiary alicyclic amines) is 2. The van der Waals surface area contributed by atoms with Gasteiger partial charge in [0.15, 0.2) is 0 Å². The molecule has 2 heterocycles. The van der Waals surface area contributed by atoms with E-state index in [9.17, 15) is 0 Å². The highest BCUT2D eigenvalue weighted by Crippen LogP contribution is 2.29. The van der Waals surface area contributed by atoms with Crippen LogP contribution in [0.25, 0.3) is 0 Å². The monoisotopic (exact) mass is 350 g/mol. The van der Waals surface area contributed by atoms with Crippen LogP contribution in [0, 0.1) is 23.7 Å². The molecule has 25 heavy (non-hydrogen) atoms. The molecule has 2 aliphatic heterocycles. The second kappa shape index (κ2) is 10.3. The molecule has 2 aliphatic rings. The number of piperidine rings is 2. The summed E-state index contributed by atoms with van der Waals surface area (Å²) in [6.07, 6.45) is 9.99. The summed E-state index contributed by atoms with van der Waals surface area (Å²) in [5.41, 5.74) is 0. The second-order valence-corrected chi connectivity index (χ2v) is 9.98. The van der Waals surface area contributed by atoms with Gasteiger partial charge in [0.05, 0.1) is 0 Å². The molecule has 0 amide bonds. The average molecular weight is 351 g/mol. The maximum absolute atomic E-state index is 2.77. The van der Waals surface area contributed by atoms with E-state index in [1.165, 1.54) is 71.1 Å². The van der Waals surface area contributed by atoms with Crippen molar-refractivity contribution >= 4 is 0 Å². The fourth-order valence-corrected chi connectivity index (χ4v) is 5.18. The summed E-state index contributed by atoms with van der Waals surface area (Å²) in [4.78, 5) is 5.47. The van der Waals surface area contributed by atoms with Crippen molar-refractivity contribution in [1.82, 2.24) is 9.80 Å². The predicted octanol–water partition coefficient (Wildman–Crippen LogP) is 5.67. The summed E-state index contributed by atoms with van der Waals surface area (Å²) in [6, 6.07) is 1.51. The zero-order valence-corrected chi connectivity index (χ0v) is 18.1. The molecule has 0 aromatic carbocycles. The zero-order chi connectivity index (χ0) is 18.4. The molecule has 2 saturated heterocycles. The standard InChI is InChI=1S/C23H46N2/c1-18(2)23-11-14-24(15-12-23)21(6)10-9-20(5)16-22-8-7-13-25(17-22)19(3)4/h18-23H,7-17H2,1-6H3. The zero-order valence-electron chi connectivity index (χ0n) is 18.1. The number of hydrogen-bond acceptors (Lipinski definition) is 2. The maximum Gasteiger partial charge on any atom is 0.00670 e. The molecule has 2 nitrogen and oxygen atoms in total. The van der Waals surface area contributed by atoms with E-state index in [1.54, 1.807) is 0 Å². The van der Waals surface area contributed by atoms with Gasteiger partial charge in [0.25, 0.3) is 0 Å². The summed E-state index contributed by atoms with van der Waals surface area (Å²) >= 11 is 0. The van der Waals surface area contributed by atoms with Crippen LogP contribution in [0.2, 0.25) is 0 Å². The minimum atomic E-state index is 0.729. The Morgan fingerprint density at radius 1 is 0.800 bits per heavy atom. The van der Waals surface area contributed by atoms with Crippen LogP contribution in [-0.4, -0.2) is 48.1 Å². The molecule has 0 aliphatic carbocycles. The van der Waals surface area contributed by atoms with Crippen LogP contribution in [0.4, 0.5) is 0 Å².